The maximum absolute atomic E-state index is 11.8. The molecule has 19 heavy (non-hydrogen) atoms. The largest absolute Gasteiger partial charge is 0.461 e. The van der Waals surface area contributed by atoms with E-state index in [-0.39, 0.29) is 9.77 Å². The number of ether oxygens (including phenoxy) is 1. The van der Waals surface area contributed by atoms with Gasteiger partial charge in [0.1, 0.15) is 4.88 Å². The Morgan fingerprint density at radius 1 is 1.53 bits per heavy atom. The highest BCUT2D eigenvalue weighted by Gasteiger charge is 2.21. The predicted octanol–water partition coefficient (Wildman–Crippen LogP) is 2.05. The van der Waals surface area contributed by atoms with E-state index in [2.05, 4.69) is 0 Å². The number of rotatable bonds is 5. The number of nitrogens with two attached hydrogens (primary N) is 1. The highest BCUT2D eigenvalue weighted by molar-refractivity contribution is 7.89. The van der Waals surface area contributed by atoms with Crippen LogP contribution in [0.4, 0.5) is 0 Å². The van der Waals surface area contributed by atoms with Gasteiger partial charge in [-0.15, -0.1) is 11.3 Å². The zero-order chi connectivity index (χ0) is 14.0. The van der Waals surface area contributed by atoms with Crippen LogP contribution in [0.1, 0.15) is 40.2 Å². The van der Waals surface area contributed by atoms with Gasteiger partial charge < -0.3 is 4.74 Å². The number of carbonyl (C=O) groups is 1. The van der Waals surface area contributed by atoms with Crippen LogP contribution in [0.25, 0.3) is 0 Å². The summed E-state index contributed by atoms with van der Waals surface area (Å²) in [6.07, 6.45) is 4.58. The Hall–Kier alpha value is -0.920. The van der Waals surface area contributed by atoms with E-state index >= 15 is 0 Å². The molecular weight excluding hydrogens is 286 g/mol. The Bertz CT molecular complexity index is 573. The fraction of sp³-hybridized carbons (Fsp3) is 0.583. The zero-order valence-electron chi connectivity index (χ0n) is 10.7. The zero-order valence-corrected chi connectivity index (χ0v) is 12.4. The van der Waals surface area contributed by atoms with E-state index in [0.717, 1.165) is 17.8 Å². The topological polar surface area (TPSA) is 86.5 Å². The van der Waals surface area contributed by atoms with Gasteiger partial charge in [-0.25, -0.2) is 18.4 Å². The van der Waals surface area contributed by atoms with E-state index in [1.807, 2.05) is 0 Å². The third-order valence-corrected chi connectivity index (χ3v) is 5.56. The minimum atomic E-state index is -3.77. The third-order valence-electron chi connectivity index (χ3n) is 3.36. The minimum Gasteiger partial charge on any atom is -0.461 e. The molecule has 1 aliphatic carbocycles. The maximum Gasteiger partial charge on any atom is 0.348 e. The third kappa shape index (κ3) is 3.55. The molecule has 1 aromatic heterocycles. The molecule has 0 spiro atoms. The molecule has 106 valence electrons. The lowest BCUT2D eigenvalue weighted by Crippen LogP contribution is -2.15. The summed E-state index contributed by atoms with van der Waals surface area (Å²) >= 11 is 1.09. The highest BCUT2D eigenvalue weighted by atomic mass is 32.2. The van der Waals surface area contributed by atoms with Crippen LogP contribution in [0.5, 0.6) is 0 Å². The van der Waals surface area contributed by atoms with Crippen LogP contribution in [0.3, 0.4) is 0 Å². The molecule has 1 aromatic rings. The molecular formula is C12H17NO4S2. The van der Waals surface area contributed by atoms with E-state index < -0.39 is 16.0 Å². The van der Waals surface area contributed by atoms with Gasteiger partial charge in [-0.05, 0) is 25.3 Å². The summed E-state index contributed by atoms with van der Waals surface area (Å²) in [7, 11) is -3.77. The molecule has 0 unspecified atom stereocenters. The first-order valence-corrected chi connectivity index (χ1v) is 8.54. The molecule has 1 saturated carbocycles. The van der Waals surface area contributed by atoms with Crippen molar-refractivity contribution in [1.82, 2.24) is 0 Å². The first-order valence-electron chi connectivity index (χ1n) is 6.18. The second-order valence-electron chi connectivity index (χ2n) is 4.80. The van der Waals surface area contributed by atoms with Crippen LogP contribution in [-0.2, 0) is 14.8 Å². The van der Waals surface area contributed by atoms with Crippen LogP contribution in [0, 0.1) is 12.8 Å². The molecule has 0 amide bonds. The van der Waals surface area contributed by atoms with Crippen molar-refractivity contribution in [2.75, 3.05) is 6.61 Å². The lowest BCUT2D eigenvalue weighted by Gasteiger charge is -2.24. The van der Waals surface area contributed by atoms with E-state index in [9.17, 15) is 13.2 Å². The first kappa shape index (κ1) is 14.5. The predicted molar refractivity (Wildman–Crippen MR) is 72.7 cm³/mol. The molecule has 0 atom stereocenters. The monoisotopic (exact) mass is 303 g/mol. The van der Waals surface area contributed by atoms with Crippen molar-refractivity contribution in [2.45, 2.75) is 37.5 Å². The average Bonchev–Trinajstić information content (AvgIpc) is 2.63. The van der Waals surface area contributed by atoms with E-state index in [0.29, 0.717) is 17.4 Å². The van der Waals surface area contributed by atoms with Gasteiger partial charge in [0, 0.05) is 4.88 Å². The van der Waals surface area contributed by atoms with Gasteiger partial charge >= 0.3 is 5.97 Å². The second-order valence-corrected chi connectivity index (χ2v) is 7.58. The quantitative estimate of drug-likeness (QED) is 0.843. The van der Waals surface area contributed by atoms with Crippen LogP contribution >= 0.6 is 11.3 Å². The molecule has 5 nitrogen and oxygen atoms in total. The maximum atomic E-state index is 11.8. The van der Waals surface area contributed by atoms with E-state index in [1.165, 1.54) is 25.3 Å². The Morgan fingerprint density at radius 2 is 2.21 bits per heavy atom. The molecule has 1 fully saturated rings. The second kappa shape index (κ2) is 5.60. The van der Waals surface area contributed by atoms with Crippen molar-refractivity contribution in [3.63, 3.8) is 0 Å². The summed E-state index contributed by atoms with van der Waals surface area (Å²) in [5.74, 6) is 0.208. The number of esters is 1. The van der Waals surface area contributed by atoms with Crippen LogP contribution in [-0.4, -0.2) is 21.0 Å². The fourth-order valence-electron chi connectivity index (χ4n) is 2.02. The summed E-state index contributed by atoms with van der Waals surface area (Å²) in [6, 6.07) is 1.29. The standard InChI is InChI=1S/C12H17NO4S2/c1-8-11(19(13,15)16)7-10(18-8)12(14)17-6-5-9-3-2-4-9/h7,9H,2-6H2,1H3,(H2,13,15,16). The van der Waals surface area contributed by atoms with E-state index in [1.54, 1.807) is 6.92 Å². The Balaban J connectivity index is 1.95. The Kier molecular flexibility index (Phi) is 4.27. The van der Waals surface area contributed by atoms with E-state index in [4.69, 9.17) is 9.88 Å². The summed E-state index contributed by atoms with van der Waals surface area (Å²) < 4.78 is 27.7. The number of aryl methyl sites for hydroxylation is 1. The van der Waals surface area contributed by atoms with Gasteiger partial charge in [0.15, 0.2) is 0 Å². The summed E-state index contributed by atoms with van der Waals surface area (Å²) in [5.41, 5.74) is 0. The van der Waals surface area contributed by atoms with Gasteiger partial charge in [-0.2, -0.15) is 0 Å². The Labute approximate surface area is 116 Å². The molecule has 2 rings (SSSR count). The van der Waals surface area contributed by atoms with Crippen molar-refractivity contribution in [1.29, 1.82) is 0 Å². The van der Waals surface area contributed by atoms with Crippen LogP contribution in [0.15, 0.2) is 11.0 Å². The molecule has 2 N–H and O–H groups in total. The number of thiophene rings is 1. The van der Waals surface area contributed by atoms with Gasteiger partial charge in [-0.3, -0.25) is 0 Å². The lowest BCUT2D eigenvalue weighted by molar-refractivity contribution is 0.0470. The Morgan fingerprint density at radius 3 is 2.68 bits per heavy atom. The lowest BCUT2D eigenvalue weighted by atomic mass is 9.83. The van der Waals surface area contributed by atoms with Crippen LogP contribution < -0.4 is 5.14 Å². The number of hydrogen-bond acceptors (Lipinski definition) is 5. The summed E-state index contributed by atoms with van der Waals surface area (Å²) in [4.78, 5) is 12.6. The molecule has 0 saturated heterocycles. The fourth-order valence-corrected chi connectivity index (χ4v) is 4.06. The normalized spacial score (nSPS) is 16.1. The number of sulfonamides is 1. The van der Waals surface area contributed by atoms with Gasteiger partial charge in [-0.1, -0.05) is 19.3 Å². The van der Waals surface area contributed by atoms with Crippen LogP contribution in [0.2, 0.25) is 0 Å². The SMILES string of the molecule is Cc1sc(C(=O)OCCC2CCC2)cc1S(N)(=O)=O. The van der Waals surface area contributed by atoms with Crippen molar-refractivity contribution >= 4 is 27.3 Å². The van der Waals surface area contributed by atoms with Crippen molar-refractivity contribution < 1.29 is 17.9 Å². The summed E-state index contributed by atoms with van der Waals surface area (Å²) in [6.45, 7) is 2.01. The van der Waals surface area contributed by atoms with Gasteiger partial charge in [0.25, 0.3) is 0 Å². The smallest absolute Gasteiger partial charge is 0.348 e. The van der Waals surface area contributed by atoms with Gasteiger partial charge in [0.2, 0.25) is 10.0 Å². The highest BCUT2D eigenvalue weighted by Crippen LogP contribution is 2.29. The van der Waals surface area contributed by atoms with Gasteiger partial charge in [0.05, 0.1) is 11.5 Å². The van der Waals surface area contributed by atoms with Crippen molar-refractivity contribution in [3.8, 4) is 0 Å². The molecule has 0 aromatic carbocycles. The van der Waals surface area contributed by atoms with Crippen molar-refractivity contribution in [2.24, 2.45) is 11.1 Å². The molecule has 1 heterocycles. The molecule has 0 aliphatic heterocycles. The van der Waals surface area contributed by atoms with Crippen molar-refractivity contribution in [3.05, 3.63) is 15.8 Å². The number of hydrogen-bond donors (Lipinski definition) is 1. The summed E-state index contributed by atoms with van der Waals surface area (Å²) in [5, 5.41) is 5.06. The number of primary sulfonamides is 1. The molecule has 0 radical (unpaired) electrons. The molecule has 1 aliphatic rings. The first-order chi connectivity index (χ1) is 8.88. The average molecular weight is 303 g/mol. The molecule has 7 heteroatoms. The molecule has 0 bridgehead atoms. The minimum absolute atomic E-state index is 0.00319. The number of carbonyl (C=O) groups excluding carboxylic acids is 1.